The van der Waals surface area contributed by atoms with Gasteiger partial charge in [0.1, 0.15) is 24.4 Å². The van der Waals surface area contributed by atoms with Gasteiger partial charge in [-0.2, -0.15) is 8.42 Å². The van der Waals surface area contributed by atoms with Gasteiger partial charge < -0.3 is 35.2 Å². The summed E-state index contributed by atoms with van der Waals surface area (Å²) in [4.78, 5) is 13.1. The highest BCUT2D eigenvalue weighted by atomic mass is 32.3. The van der Waals surface area contributed by atoms with Gasteiger partial charge >= 0.3 is 10.4 Å². The second-order valence-electron chi connectivity index (χ2n) is 18.1. The summed E-state index contributed by atoms with van der Waals surface area (Å²) in [7, 11) is -5.08. The molecule has 1 amide bonds. The van der Waals surface area contributed by atoms with Gasteiger partial charge in [0.2, 0.25) is 5.91 Å². The third kappa shape index (κ3) is 33.7. The summed E-state index contributed by atoms with van der Waals surface area (Å²) in [5.41, 5.74) is 0. The van der Waals surface area contributed by atoms with E-state index in [0.717, 1.165) is 51.4 Å². The van der Waals surface area contributed by atoms with E-state index in [1.54, 1.807) is 0 Å². The summed E-state index contributed by atoms with van der Waals surface area (Å²) in [6.07, 6.45) is 38.8. The maximum absolute atomic E-state index is 13.1. The standard InChI is InChI=1S/C50H95NO11S/c1-3-5-7-9-11-13-15-17-19-21-22-24-26-28-30-32-34-36-38-40-46(54)51-43(42-60-50-48(56)49(62-63(57,58)59)47(55)45(41-52)61-50)44(53)39-37-35-33-31-29-27-25-23-20-18-16-14-12-10-8-6-4-2/h11,13,15,17,43-45,47-50,52-53,55-56H,3-10,12,14,16,18-42H2,1-2H3,(H,51,54)(H,57,58,59)/b13-11-,17-15-. The molecule has 0 aromatic heterocycles. The van der Waals surface area contributed by atoms with Gasteiger partial charge in [-0.15, -0.1) is 0 Å². The molecule has 0 aromatic carbocycles. The minimum atomic E-state index is -5.08. The van der Waals surface area contributed by atoms with Crippen molar-refractivity contribution in [3.63, 3.8) is 0 Å². The van der Waals surface area contributed by atoms with E-state index in [9.17, 15) is 38.2 Å². The molecule has 0 aromatic rings. The highest BCUT2D eigenvalue weighted by Crippen LogP contribution is 2.26. The lowest BCUT2D eigenvalue weighted by Crippen LogP contribution is -2.61. The fourth-order valence-corrected chi connectivity index (χ4v) is 8.78. The molecule has 63 heavy (non-hydrogen) atoms. The number of carbonyl (C=O) groups is 1. The molecule has 7 unspecified atom stereocenters. The molecule has 372 valence electrons. The number of nitrogens with one attached hydrogen (secondary N) is 1. The van der Waals surface area contributed by atoms with Crippen LogP contribution < -0.4 is 5.32 Å². The normalized spacial score (nSPS) is 20.5. The van der Waals surface area contributed by atoms with Gasteiger partial charge in [-0.3, -0.25) is 9.35 Å². The van der Waals surface area contributed by atoms with Crippen LogP contribution in [-0.4, -0.2) is 95.4 Å². The van der Waals surface area contributed by atoms with Crippen molar-refractivity contribution in [2.75, 3.05) is 13.2 Å². The van der Waals surface area contributed by atoms with Crippen LogP contribution in [-0.2, 0) is 28.9 Å². The largest absolute Gasteiger partial charge is 0.397 e. The predicted molar refractivity (Wildman–Crippen MR) is 255 cm³/mol. The van der Waals surface area contributed by atoms with E-state index in [1.807, 2.05) is 0 Å². The fourth-order valence-electron chi connectivity index (χ4n) is 8.27. The Morgan fingerprint density at radius 3 is 1.51 bits per heavy atom. The van der Waals surface area contributed by atoms with E-state index < -0.39 is 59.9 Å². The monoisotopic (exact) mass is 918 g/mol. The molecule has 0 radical (unpaired) electrons. The molecular formula is C50H95NO11S. The van der Waals surface area contributed by atoms with Crippen LogP contribution in [0.25, 0.3) is 0 Å². The Bertz CT molecular complexity index is 1220. The lowest BCUT2D eigenvalue weighted by atomic mass is 9.99. The molecule has 1 aliphatic heterocycles. The Morgan fingerprint density at radius 2 is 1.05 bits per heavy atom. The first kappa shape index (κ1) is 59.6. The molecule has 7 atom stereocenters. The highest BCUT2D eigenvalue weighted by molar-refractivity contribution is 7.80. The molecule has 13 heteroatoms. The van der Waals surface area contributed by atoms with E-state index in [4.69, 9.17) is 9.47 Å². The summed E-state index contributed by atoms with van der Waals surface area (Å²) in [6.45, 7) is 3.44. The van der Waals surface area contributed by atoms with Gasteiger partial charge in [0.05, 0.1) is 25.4 Å². The van der Waals surface area contributed by atoms with Gasteiger partial charge in [0.25, 0.3) is 0 Å². The molecule has 1 rings (SSSR count). The van der Waals surface area contributed by atoms with Gasteiger partial charge in [-0.05, 0) is 38.5 Å². The van der Waals surface area contributed by atoms with Crippen molar-refractivity contribution >= 4 is 16.3 Å². The lowest BCUT2D eigenvalue weighted by molar-refractivity contribution is -0.298. The number of ether oxygens (including phenoxy) is 2. The van der Waals surface area contributed by atoms with Crippen LogP contribution in [0.5, 0.6) is 0 Å². The zero-order valence-corrected chi connectivity index (χ0v) is 40.7. The number of allylic oxidation sites excluding steroid dienone is 4. The second-order valence-corrected chi connectivity index (χ2v) is 19.2. The number of carbonyl (C=O) groups excluding carboxylic acids is 1. The van der Waals surface area contributed by atoms with Crippen molar-refractivity contribution in [2.45, 2.75) is 275 Å². The van der Waals surface area contributed by atoms with Crippen molar-refractivity contribution in [1.82, 2.24) is 5.32 Å². The van der Waals surface area contributed by atoms with Gasteiger partial charge in [-0.1, -0.05) is 212 Å². The number of aliphatic hydroxyl groups is 4. The van der Waals surface area contributed by atoms with E-state index in [2.05, 4.69) is 47.7 Å². The number of rotatable bonds is 44. The second kappa shape index (κ2) is 40.8. The Morgan fingerprint density at radius 1 is 0.635 bits per heavy atom. The fraction of sp³-hybridized carbons (Fsp3) is 0.900. The molecule has 12 nitrogen and oxygen atoms in total. The maximum atomic E-state index is 13.1. The SMILES string of the molecule is CCCCC/C=C\C=C/CCCCCCCCCCCCC(=O)NC(COC1OC(CO)C(O)C(OS(=O)(=O)O)C1O)C(O)CCCCCCCCCCCCCCCCCCC. The van der Waals surface area contributed by atoms with Crippen molar-refractivity contribution in [3.8, 4) is 0 Å². The number of hydrogen-bond acceptors (Lipinski definition) is 10. The van der Waals surface area contributed by atoms with Crippen LogP contribution in [0.2, 0.25) is 0 Å². The van der Waals surface area contributed by atoms with Crippen LogP contribution in [0.4, 0.5) is 0 Å². The van der Waals surface area contributed by atoms with Gasteiger partial charge in [-0.25, -0.2) is 4.18 Å². The van der Waals surface area contributed by atoms with E-state index in [-0.39, 0.29) is 18.9 Å². The summed E-state index contributed by atoms with van der Waals surface area (Å²) in [6, 6.07) is -0.858. The predicted octanol–water partition coefficient (Wildman–Crippen LogP) is 10.9. The molecule has 0 aliphatic carbocycles. The Labute approximate surface area is 384 Å². The minimum absolute atomic E-state index is 0.232. The first-order valence-electron chi connectivity index (χ1n) is 25.7. The number of hydrogen-bond donors (Lipinski definition) is 6. The van der Waals surface area contributed by atoms with Crippen LogP contribution in [0.1, 0.15) is 232 Å². The molecule has 1 heterocycles. The van der Waals surface area contributed by atoms with Gasteiger partial charge in [0, 0.05) is 6.42 Å². The van der Waals surface area contributed by atoms with Crippen molar-refractivity contribution in [3.05, 3.63) is 24.3 Å². The summed E-state index contributed by atoms with van der Waals surface area (Å²) in [5, 5.41) is 45.0. The molecule has 0 spiro atoms. The maximum Gasteiger partial charge on any atom is 0.397 e. The third-order valence-corrected chi connectivity index (χ3v) is 12.8. The topological polar surface area (TPSA) is 192 Å². The van der Waals surface area contributed by atoms with E-state index >= 15 is 0 Å². The summed E-state index contributed by atoms with van der Waals surface area (Å²) < 4.78 is 47.8. The highest BCUT2D eigenvalue weighted by Gasteiger charge is 2.48. The Hall–Kier alpha value is -1.42. The Balaban J connectivity index is 2.43. The quantitative estimate of drug-likeness (QED) is 0.0194. The van der Waals surface area contributed by atoms with E-state index in [0.29, 0.717) is 12.8 Å². The van der Waals surface area contributed by atoms with Crippen LogP contribution in [0, 0.1) is 0 Å². The van der Waals surface area contributed by atoms with Crippen molar-refractivity contribution in [1.29, 1.82) is 0 Å². The average molecular weight is 918 g/mol. The molecule has 0 bridgehead atoms. The molecule has 1 saturated heterocycles. The van der Waals surface area contributed by atoms with Crippen LogP contribution in [0.3, 0.4) is 0 Å². The molecule has 0 saturated carbocycles. The zero-order valence-electron chi connectivity index (χ0n) is 39.9. The van der Waals surface area contributed by atoms with Crippen molar-refractivity contribution in [2.24, 2.45) is 0 Å². The molecule has 1 aliphatic rings. The lowest BCUT2D eigenvalue weighted by Gasteiger charge is -2.41. The number of amides is 1. The Kier molecular flexibility index (Phi) is 38.6. The minimum Gasteiger partial charge on any atom is -0.394 e. The number of aliphatic hydroxyl groups excluding tert-OH is 4. The average Bonchev–Trinajstić information content (AvgIpc) is 3.25. The van der Waals surface area contributed by atoms with Crippen LogP contribution in [0.15, 0.2) is 24.3 Å². The molecule has 1 fully saturated rings. The number of unbranched alkanes of at least 4 members (excludes halogenated alkanes) is 29. The summed E-state index contributed by atoms with van der Waals surface area (Å²) in [5.74, 6) is -0.232. The van der Waals surface area contributed by atoms with Crippen LogP contribution >= 0.6 is 0 Å². The zero-order chi connectivity index (χ0) is 46.2. The molecular weight excluding hydrogens is 823 g/mol. The van der Waals surface area contributed by atoms with E-state index in [1.165, 1.54) is 148 Å². The van der Waals surface area contributed by atoms with Gasteiger partial charge in [0.15, 0.2) is 6.29 Å². The first-order valence-corrected chi connectivity index (χ1v) is 27.1. The smallest absolute Gasteiger partial charge is 0.394 e. The summed E-state index contributed by atoms with van der Waals surface area (Å²) >= 11 is 0. The third-order valence-electron chi connectivity index (χ3n) is 12.3. The molecule has 6 N–H and O–H groups in total. The first-order chi connectivity index (χ1) is 30.5. The van der Waals surface area contributed by atoms with Crippen molar-refractivity contribution < 1.29 is 51.8 Å².